The molecule has 0 aliphatic heterocycles. The molecule has 1 heterocycles. The molecule has 0 saturated heterocycles. The van der Waals surface area contributed by atoms with Crippen molar-refractivity contribution in [3.05, 3.63) is 69.7 Å². The number of hydrogen-bond donors (Lipinski definition) is 2. The van der Waals surface area contributed by atoms with E-state index >= 15 is 0 Å². The number of carbonyl (C=O) groups is 2. The number of amides is 2. The number of carbonyl (C=O) groups excluding carboxylic acids is 2. The van der Waals surface area contributed by atoms with E-state index in [1.165, 1.54) is 11.3 Å². The van der Waals surface area contributed by atoms with E-state index in [0.29, 0.717) is 16.4 Å². The van der Waals surface area contributed by atoms with Gasteiger partial charge in [0.25, 0.3) is 5.91 Å². The molecule has 0 spiro atoms. The number of para-hydroxylation sites is 1. The van der Waals surface area contributed by atoms with E-state index in [9.17, 15) is 9.59 Å². The summed E-state index contributed by atoms with van der Waals surface area (Å²) in [7, 11) is 1.59. The van der Waals surface area contributed by atoms with E-state index in [0.717, 1.165) is 46.6 Å². The zero-order chi connectivity index (χ0) is 22.0. The SMILES string of the molecule is COc1ccc(C(=O)Nc2nc3c(s2)CCCC3C(=O)Nc2c(C)cccc2C)cc1. The van der Waals surface area contributed by atoms with Crippen LogP contribution in [0, 0.1) is 13.8 Å². The molecule has 0 saturated carbocycles. The Hall–Kier alpha value is -3.19. The first-order valence-electron chi connectivity index (χ1n) is 10.3. The number of nitrogens with one attached hydrogen (secondary N) is 2. The predicted octanol–water partition coefficient (Wildman–Crippen LogP) is 5.08. The summed E-state index contributed by atoms with van der Waals surface area (Å²) in [5, 5.41) is 6.50. The van der Waals surface area contributed by atoms with Gasteiger partial charge in [0.1, 0.15) is 5.75 Å². The fourth-order valence-electron chi connectivity index (χ4n) is 3.86. The molecule has 1 atom stereocenters. The lowest BCUT2D eigenvalue weighted by molar-refractivity contribution is -0.118. The highest BCUT2D eigenvalue weighted by Crippen LogP contribution is 2.38. The number of aryl methyl sites for hydroxylation is 3. The smallest absolute Gasteiger partial charge is 0.257 e. The van der Waals surface area contributed by atoms with Crippen LogP contribution in [0.3, 0.4) is 0 Å². The molecule has 4 rings (SSSR count). The number of ether oxygens (including phenoxy) is 1. The van der Waals surface area contributed by atoms with Crippen molar-refractivity contribution in [2.75, 3.05) is 17.7 Å². The van der Waals surface area contributed by atoms with Crippen molar-refractivity contribution in [3.8, 4) is 5.75 Å². The molecule has 7 heteroatoms. The van der Waals surface area contributed by atoms with E-state index in [4.69, 9.17) is 4.74 Å². The molecule has 3 aromatic rings. The molecule has 0 fully saturated rings. The Morgan fingerprint density at radius 3 is 2.45 bits per heavy atom. The highest BCUT2D eigenvalue weighted by molar-refractivity contribution is 7.16. The molecule has 1 aliphatic rings. The molecule has 31 heavy (non-hydrogen) atoms. The van der Waals surface area contributed by atoms with Gasteiger partial charge in [-0.15, -0.1) is 11.3 Å². The summed E-state index contributed by atoms with van der Waals surface area (Å²) in [5.74, 6) is 0.103. The highest BCUT2D eigenvalue weighted by atomic mass is 32.1. The summed E-state index contributed by atoms with van der Waals surface area (Å²) in [6.07, 6.45) is 2.55. The lowest BCUT2D eigenvalue weighted by Crippen LogP contribution is -2.25. The molecule has 1 aromatic heterocycles. The molecular weight excluding hydrogens is 410 g/mol. The van der Waals surface area contributed by atoms with Gasteiger partial charge in [0.2, 0.25) is 5.91 Å². The van der Waals surface area contributed by atoms with Crippen molar-refractivity contribution in [2.45, 2.75) is 39.0 Å². The number of hydrogen-bond acceptors (Lipinski definition) is 5. The molecule has 2 amide bonds. The number of rotatable bonds is 5. The zero-order valence-electron chi connectivity index (χ0n) is 17.8. The van der Waals surface area contributed by atoms with Crippen LogP contribution in [0.25, 0.3) is 0 Å². The molecule has 0 radical (unpaired) electrons. The predicted molar refractivity (Wildman–Crippen MR) is 123 cm³/mol. The van der Waals surface area contributed by atoms with Gasteiger partial charge in [-0.1, -0.05) is 18.2 Å². The molecule has 1 aliphatic carbocycles. The van der Waals surface area contributed by atoms with Crippen LogP contribution in [0.4, 0.5) is 10.8 Å². The van der Waals surface area contributed by atoms with Gasteiger partial charge >= 0.3 is 0 Å². The molecule has 2 N–H and O–H groups in total. The number of methoxy groups -OCH3 is 1. The van der Waals surface area contributed by atoms with Crippen LogP contribution < -0.4 is 15.4 Å². The molecule has 160 valence electrons. The van der Waals surface area contributed by atoms with Gasteiger partial charge in [-0.25, -0.2) is 4.98 Å². The van der Waals surface area contributed by atoms with E-state index < -0.39 is 0 Å². The largest absolute Gasteiger partial charge is 0.497 e. The lowest BCUT2D eigenvalue weighted by atomic mass is 9.90. The topological polar surface area (TPSA) is 80.3 Å². The quantitative estimate of drug-likeness (QED) is 0.586. The Morgan fingerprint density at radius 1 is 1.06 bits per heavy atom. The lowest BCUT2D eigenvalue weighted by Gasteiger charge is -2.21. The standard InChI is InChI=1S/C24H25N3O3S/c1-14-6-4-7-15(2)20(14)25-23(29)18-8-5-9-19-21(18)26-24(31-19)27-22(28)16-10-12-17(30-3)13-11-16/h4,6-7,10-13,18H,5,8-9H2,1-3H3,(H,25,29)(H,26,27,28). The molecule has 0 bridgehead atoms. The normalized spacial score (nSPS) is 15.1. The minimum Gasteiger partial charge on any atom is -0.497 e. The minimum atomic E-state index is -0.314. The Balaban J connectivity index is 1.51. The van der Waals surface area contributed by atoms with E-state index in [1.807, 2.05) is 32.0 Å². The number of nitrogens with zero attached hydrogens (tertiary/aromatic N) is 1. The second-order valence-electron chi connectivity index (χ2n) is 7.71. The van der Waals surface area contributed by atoms with Gasteiger partial charge in [0.05, 0.1) is 18.7 Å². The Labute approximate surface area is 185 Å². The second-order valence-corrected chi connectivity index (χ2v) is 8.79. The van der Waals surface area contributed by atoms with Crippen molar-refractivity contribution in [1.82, 2.24) is 4.98 Å². The highest BCUT2D eigenvalue weighted by Gasteiger charge is 2.31. The first kappa shape index (κ1) is 21.1. The third-order valence-corrected chi connectivity index (χ3v) is 6.62. The summed E-state index contributed by atoms with van der Waals surface area (Å²) in [6, 6.07) is 12.9. The number of fused-ring (bicyclic) bond motifs is 1. The fourth-order valence-corrected chi connectivity index (χ4v) is 4.92. The van der Waals surface area contributed by atoms with E-state index in [2.05, 4.69) is 15.6 Å². The molecule has 1 unspecified atom stereocenters. The third-order valence-electron chi connectivity index (χ3n) is 5.57. The summed E-state index contributed by atoms with van der Waals surface area (Å²) >= 11 is 1.45. The summed E-state index contributed by atoms with van der Waals surface area (Å²) in [4.78, 5) is 31.4. The van der Waals surface area contributed by atoms with Crippen LogP contribution in [-0.2, 0) is 11.2 Å². The van der Waals surface area contributed by atoms with Gasteiger partial charge in [-0.3, -0.25) is 14.9 Å². The first-order valence-corrected chi connectivity index (χ1v) is 11.1. The summed E-state index contributed by atoms with van der Waals surface area (Å²) in [5.41, 5.74) is 4.25. The van der Waals surface area contributed by atoms with Crippen molar-refractivity contribution in [2.24, 2.45) is 0 Å². The van der Waals surface area contributed by atoms with Crippen LogP contribution >= 0.6 is 11.3 Å². The molecule has 6 nitrogen and oxygen atoms in total. The Kier molecular flexibility index (Phi) is 6.04. The van der Waals surface area contributed by atoms with Crippen LogP contribution in [0.2, 0.25) is 0 Å². The van der Waals surface area contributed by atoms with Crippen molar-refractivity contribution >= 4 is 34.0 Å². The maximum Gasteiger partial charge on any atom is 0.257 e. The van der Waals surface area contributed by atoms with Gasteiger partial charge in [0.15, 0.2) is 5.13 Å². The first-order chi connectivity index (χ1) is 15.0. The number of aromatic nitrogens is 1. The Bertz CT molecular complexity index is 1100. The summed E-state index contributed by atoms with van der Waals surface area (Å²) in [6.45, 7) is 3.98. The van der Waals surface area contributed by atoms with Crippen molar-refractivity contribution < 1.29 is 14.3 Å². The maximum absolute atomic E-state index is 13.1. The monoisotopic (exact) mass is 435 g/mol. The number of anilines is 2. The van der Waals surface area contributed by atoms with Gasteiger partial charge < -0.3 is 10.1 Å². The van der Waals surface area contributed by atoms with Crippen molar-refractivity contribution in [3.63, 3.8) is 0 Å². The number of benzene rings is 2. The maximum atomic E-state index is 13.1. The number of thiazole rings is 1. The third kappa shape index (κ3) is 4.46. The van der Waals surface area contributed by atoms with Gasteiger partial charge in [-0.2, -0.15) is 0 Å². The second kappa shape index (κ2) is 8.89. The summed E-state index contributed by atoms with van der Waals surface area (Å²) < 4.78 is 5.13. The van der Waals surface area contributed by atoms with Gasteiger partial charge in [-0.05, 0) is 68.5 Å². The van der Waals surface area contributed by atoms with Crippen LogP contribution in [0.1, 0.15) is 50.8 Å². The Morgan fingerprint density at radius 2 is 1.77 bits per heavy atom. The molecule has 2 aromatic carbocycles. The van der Waals surface area contributed by atoms with Crippen LogP contribution in [0.15, 0.2) is 42.5 Å². The zero-order valence-corrected chi connectivity index (χ0v) is 18.6. The van der Waals surface area contributed by atoms with E-state index in [-0.39, 0.29) is 17.7 Å². The van der Waals surface area contributed by atoms with Crippen LogP contribution in [0.5, 0.6) is 5.75 Å². The van der Waals surface area contributed by atoms with Gasteiger partial charge in [0, 0.05) is 16.1 Å². The van der Waals surface area contributed by atoms with E-state index in [1.54, 1.807) is 31.4 Å². The van der Waals surface area contributed by atoms with Crippen LogP contribution in [-0.4, -0.2) is 23.9 Å². The molecular formula is C24H25N3O3S. The van der Waals surface area contributed by atoms with Crippen molar-refractivity contribution in [1.29, 1.82) is 0 Å². The minimum absolute atomic E-state index is 0.0447. The average Bonchev–Trinajstić information content (AvgIpc) is 3.18. The average molecular weight is 436 g/mol. The fraction of sp³-hybridized carbons (Fsp3) is 0.292.